The zero-order chi connectivity index (χ0) is 20.7. The van der Waals surface area contributed by atoms with Crippen molar-refractivity contribution in [2.24, 2.45) is 5.92 Å². The lowest BCUT2D eigenvalue weighted by molar-refractivity contribution is 0.226. The number of nitrogens with one attached hydrogen (secondary N) is 2. The molecule has 0 atom stereocenters. The van der Waals surface area contributed by atoms with E-state index in [0.717, 1.165) is 43.2 Å². The van der Waals surface area contributed by atoms with Gasteiger partial charge in [-0.3, -0.25) is 4.79 Å². The lowest BCUT2D eigenvalue weighted by Crippen LogP contribution is -2.34. The van der Waals surface area contributed by atoms with Crippen LogP contribution in [0.15, 0.2) is 23.1 Å². The van der Waals surface area contributed by atoms with Gasteiger partial charge < -0.3 is 24.8 Å². The molecule has 0 bridgehead atoms. The van der Waals surface area contributed by atoms with Crippen LogP contribution in [0.2, 0.25) is 0 Å². The maximum absolute atomic E-state index is 11.4. The Morgan fingerprint density at radius 2 is 2.03 bits per heavy atom. The van der Waals surface area contributed by atoms with Gasteiger partial charge >= 0.3 is 0 Å². The molecule has 0 saturated carbocycles. The number of pyridine rings is 1. The molecule has 2 N–H and O–H groups in total. The van der Waals surface area contributed by atoms with Crippen LogP contribution in [0.4, 0.5) is 11.5 Å². The van der Waals surface area contributed by atoms with E-state index in [9.17, 15) is 4.79 Å². The fraction of sp³-hybridized carbons (Fsp3) is 0.500. The summed E-state index contributed by atoms with van der Waals surface area (Å²) in [7, 11) is 4.21. The molecule has 5 heterocycles. The first-order valence-corrected chi connectivity index (χ1v) is 10.3. The van der Waals surface area contributed by atoms with E-state index in [1.54, 1.807) is 16.8 Å². The highest BCUT2D eigenvalue weighted by Gasteiger charge is 2.27. The number of rotatable bonds is 4. The van der Waals surface area contributed by atoms with Gasteiger partial charge in [0.05, 0.1) is 6.54 Å². The van der Waals surface area contributed by atoms with Gasteiger partial charge in [-0.2, -0.15) is 4.52 Å². The third-order valence-corrected chi connectivity index (χ3v) is 5.98. The highest BCUT2D eigenvalue weighted by Crippen LogP contribution is 2.40. The van der Waals surface area contributed by atoms with Crippen molar-refractivity contribution < 1.29 is 4.74 Å². The number of nitrogens with zero attached hydrogens (tertiary/aromatic N) is 6. The average molecular weight is 410 g/mol. The Morgan fingerprint density at radius 3 is 2.80 bits per heavy atom. The largest absolute Gasteiger partial charge is 0.486 e. The second-order valence-electron chi connectivity index (χ2n) is 8.12. The molecule has 5 rings (SSSR count). The molecular weight excluding hydrogens is 384 g/mol. The van der Waals surface area contributed by atoms with Crippen LogP contribution in [-0.2, 0) is 0 Å². The summed E-state index contributed by atoms with van der Waals surface area (Å²) in [5.74, 6) is 2.63. The zero-order valence-corrected chi connectivity index (χ0v) is 17.3. The van der Waals surface area contributed by atoms with Crippen LogP contribution >= 0.6 is 0 Å². The zero-order valence-electron chi connectivity index (χ0n) is 17.3. The SMILES string of the molecule is CN1CCC(CNc2nn3c(-c4ccc(=O)[nH]c4)nnc3c3c2N(C)CCO3)CC1. The van der Waals surface area contributed by atoms with Gasteiger partial charge in [-0.25, -0.2) is 0 Å². The Bertz CT molecular complexity index is 1100. The number of fused-ring (bicyclic) bond motifs is 3. The molecule has 0 amide bonds. The molecule has 2 aliphatic heterocycles. The number of hydrogen-bond acceptors (Lipinski definition) is 8. The quantitative estimate of drug-likeness (QED) is 0.658. The van der Waals surface area contributed by atoms with Gasteiger partial charge in [-0.1, -0.05) is 0 Å². The summed E-state index contributed by atoms with van der Waals surface area (Å²) < 4.78 is 7.71. The van der Waals surface area contributed by atoms with E-state index in [2.05, 4.69) is 37.3 Å². The second kappa shape index (κ2) is 7.60. The number of H-pyrrole nitrogens is 1. The molecule has 10 nitrogen and oxygen atoms in total. The van der Waals surface area contributed by atoms with Crippen LogP contribution in [0.3, 0.4) is 0 Å². The summed E-state index contributed by atoms with van der Waals surface area (Å²) in [6, 6.07) is 3.19. The maximum Gasteiger partial charge on any atom is 0.247 e. The lowest BCUT2D eigenvalue weighted by atomic mass is 9.97. The van der Waals surface area contributed by atoms with Gasteiger partial charge in [0.15, 0.2) is 17.4 Å². The Morgan fingerprint density at radius 1 is 1.20 bits per heavy atom. The molecule has 1 fully saturated rings. The monoisotopic (exact) mass is 410 g/mol. The van der Waals surface area contributed by atoms with E-state index in [4.69, 9.17) is 9.84 Å². The Labute approximate surface area is 173 Å². The highest BCUT2D eigenvalue weighted by atomic mass is 16.5. The van der Waals surface area contributed by atoms with Crippen molar-refractivity contribution >= 4 is 17.2 Å². The van der Waals surface area contributed by atoms with Crippen molar-refractivity contribution in [2.75, 3.05) is 57.1 Å². The number of ether oxygens (including phenoxy) is 1. The third-order valence-electron chi connectivity index (χ3n) is 5.98. The molecular formula is C20H26N8O2. The number of likely N-dealkylation sites (tertiary alicyclic amines) is 1. The van der Waals surface area contributed by atoms with Crippen LogP contribution in [0.25, 0.3) is 17.0 Å². The summed E-state index contributed by atoms with van der Waals surface area (Å²) >= 11 is 0. The van der Waals surface area contributed by atoms with E-state index in [0.29, 0.717) is 29.7 Å². The Hall–Kier alpha value is -3.14. The van der Waals surface area contributed by atoms with E-state index < -0.39 is 0 Å². The van der Waals surface area contributed by atoms with E-state index >= 15 is 0 Å². The molecule has 3 aromatic heterocycles. The number of anilines is 2. The fourth-order valence-electron chi connectivity index (χ4n) is 4.12. The van der Waals surface area contributed by atoms with Crippen molar-refractivity contribution in [3.05, 3.63) is 28.7 Å². The first kappa shape index (κ1) is 18.9. The molecule has 30 heavy (non-hydrogen) atoms. The molecule has 0 radical (unpaired) electrons. The van der Waals surface area contributed by atoms with Crippen molar-refractivity contribution in [1.29, 1.82) is 0 Å². The molecule has 10 heteroatoms. The molecule has 0 aliphatic carbocycles. The highest BCUT2D eigenvalue weighted by molar-refractivity contribution is 5.82. The third kappa shape index (κ3) is 3.36. The summed E-state index contributed by atoms with van der Waals surface area (Å²) in [6.45, 7) is 4.49. The van der Waals surface area contributed by atoms with Gasteiger partial charge in [0.25, 0.3) is 0 Å². The van der Waals surface area contributed by atoms with Gasteiger partial charge in [0, 0.05) is 31.4 Å². The van der Waals surface area contributed by atoms with Gasteiger partial charge in [0.1, 0.15) is 12.3 Å². The average Bonchev–Trinajstić information content (AvgIpc) is 3.18. The number of aromatic amines is 1. The van der Waals surface area contributed by atoms with E-state index in [-0.39, 0.29) is 5.56 Å². The van der Waals surface area contributed by atoms with Crippen molar-refractivity contribution in [2.45, 2.75) is 12.8 Å². The van der Waals surface area contributed by atoms with Crippen LogP contribution in [0, 0.1) is 5.92 Å². The van der Waals surface area contributed by atoms with Crippen LogP contribution in [0.1, 0.15) is 12.8 Å². The van der Waals surface area contributed by atoms with Gasteiger partial charge in [-0.05, 0) is 45.0 Å². The molecule has 158 valence electrons. The molecule has 2 aliphatic rings. The molecule has 3 aromatic rings. The van der Waals surface area contributed by atoms with Gasteiger partial charge in [0.2, 0.25) is 11.2 Å². The molecule has 0 aromatic carbocycles. The minimum absolute atomic E-state index is 0.164. The predicted molar refractivity (Wildman–Crippen MR) is 114 cm³/mol. The normalized spacial score (nSPS) is 17.7. The van der Waals surface area contributed by atoms with Crippen LogP contribution in [0.5, 0.6) is 5.75 Å². The van der Waals surface area contributed by atoms with Crippen molar-refractivity contribution in [3.63, 3.8) is 0 Å². The van der Waals surface area contributed by atoms with Gasteiger partial charge in [-0.15, -0.1) is 15.3 Å². The summed E-state index contributed by atoms with van der Waals surface area (Å²) in [5, 5.41) is 17.1. The molecule has 0 unspecified atom stereocenters. The Balaban J connectivity index is 1.54. The second-order valence-corrected chi connectivity index (χ2v) is 8.12. The number of piperidine rings is 1. The molecule has 0 spiro atoms. The van der Waals surface area contributed by atoms with E-state index in [1.807, 2.05) is 7.05 Å². The number of aromatic nitrogens is 5. The molecule has 1 saturated heterocycles. The van der Waals surface area contributed by atoms with Crippen LogP contribution in [-0.4, -0.2) is 76.6 Å². The van der Waals surface area contributed by atoms with E-state index in [1.165, 1.54) is 18.9 Å². The smallest absolute Gasteiger partial charge is 0.247 e. The standard InChI is InChI=1S/C20H26N8O2/c1-26-7-5-13(6-8-26)11-22-18-16-17(30-10-9-27(16)2)20-24-23-19(28(20)25-18)14-3-4-15(29)21-12-14/h3-4,12-13H,5-11H2,1-2H3,(H,21,29)(H,22,25). The summed E-state index contributed by atoms with van der Waals surface area (Å²) in [4.78, 5) is 18.6. The number of likely N-dealkylation sites (N-methyl/N-ethyl adjacent to an activating group) is 1. The topological polar surface area (TPSA) is 104 Å². The van der Waals surface area contributed by atoms with Crippen LogP contribution < -0.4 is 20.5 Å². The predicted octanol–water partition coefficient (Wildman–Crippen LogP) is 1.06. The van der Waals surface area contributed by atoms with Crippen molar-refractivity contribution in [1.82, 2.24) is 29.7 Å². The first-order chi connectivity index (χ1) is 14.6. The van der Waals surface area contributed by atoms with Crippen molar-refractivity contribution in [3.8, 4) is 17.1 Å². The Kier molecular flexibility index (Phi) is 4.78. The minimum Gasteiger partial charge on any atom is -0.486 e. The summed E-state index contributed by atoms with van der Waals surface area (Å²) in [5.41, 5.74) is 2.06. The minimum atomic E-state index is -0.164. The fourth-order valence-corrected chi connectivity index (χ4v) is 4.12. The summed E-state index contributed by atoms with van der Waals surface area (Å²) in [6.07, 6.45) is 3.98. The maximum atomic E-state index is 11.4. The lowest BCUT2D eigenvalue weighted by Gasteiger charge is -2.31. The first-order valence-electron chi connectivity index (χ1n) is 10.3. The number of hydrogen-bond donors (Lipinski definition) is 2.